The van der Waals surface area contributed by atoms with E-state index in [1.54, 1.807) is 0 Å². The number of nitrogens with zero attached hydrogens (tertiary/aromatic N) is 8. The molecule has 0 bridgehead atoms. The monoisotopic (exact) mass is 1290 g/mol. The number of hydrogen-bond donors (Lipinski definition) is 12. The highest BCUT2D eigenvalue weighted by Gasteiger charge is 2.27. The van der Waals surface area contributed by atoms with Crippen LogP contribution in [0.5, 0.6) is 0 Å². The Hall–Kier alpha value is -6.86. The van der Waals surface area contributed by atoms with E-state index in [4.69, 9.17) is 0 Å². The van der Waals surface area contributed by atoms with Crippen LogP contribution in [0.3, 0.4) is 0 Å². The first-order chi connectivity index (χ1) is 38.6. The van der Waals surface area contributed by atoms with Gasteiger partial charge in [-0.3, -0.25) is 27.3 Å². The maximum atomic E-state index is 13.0. The molecular formula is C46H54N10O22S6. The molecule has 0 saturated carbocycles. The highest BCUT2D eigenvalue weighted by atomic mass is 32.2. The Kier molecular flexibility index (Phi) is 20.3. The van der Waals surface area contributed by atoms with Gasteiger partial charge in [0.1, 0.15) is 26.3 Å². The van der Waals surface area contributed by atoms with Gasteiger partial charge < -0.3 is 40.9 Å². The Bertz CT molecular complexity index is 3920. The maximum Gasteiger partial charge on any atom is 0.296 e. The van der Waals surface area contributed by atoms with E-state index in [0.717, 1.165) is 42.5 Å². The molecule has 0 aliphatic rings. The second-order valence-electron chi connectivity index (χ2n) is 18.8. The molecule has 38 heteroatoms. The van der Waals surface area contributed by atoms with E-state index < -0.39 is 150 Å². The Balaban J connectivity index is 1.41. The van der Waals surface area contributed by atoms with Crippen molar-refractivity contribution in [3.05, 3.63) is 107 Å². The number of rotatable bonds is 26. The number of aromatic nitrogens is 6. The molecule has 6 aromatic rings. The lowest BCUT2D eigenvalue weighted by molar-refractivity contribution is 0.176. The van der Waals surface area contributed by atoms with Gasteiger partial charge in [0.2, 0.25) is 23.8 Å². The predicted octanol–water partition coefficient (Wildman–Crippen LogP) is 1.51. The van der Waals surface area contributed by atoms with Gasteiger partial charge in [-0.05, 0) is 105 Å². The molecular weight excluding hydrogens is 1240 g/mol. The quantitative estimate of drug-likeness (QED) is 0.0270. The smallest absolute Gasteiger partial charge is 0.296 e. The van der Waals surface area contributed by atoms with E-state index in [1.165, 1.54) is 49.6 Å². The maximum absolute atomic E-state index is 13.0. The Morgan fingerprint density at radius 1 is 0.429 bits per heavy atom. The third-order valence-electron chi connectivity index (χ3n) is 11.3. The molecule has 2 aromatic heterocycles. The van der Waals surface area contributed by atoms with Gasteiger partial charge >= 0.3 is 0 Å². The lowest BCUT2D eigenvalue weighted by Gasteiger charge is -2.26. The molecule has 0 saturated heterocycles. The molecule has 4 unspecified atom stereocenters. The Morgan fingerprint density at radius 2 is 0.833 bits per heavy atom. The summed E-state index contributed by atoms with van der Waals surface area (Å²) in [6.07, 6.45) is -3.37. The van der Waals surface area contributed by atoms with Crippen LogP contribution in [0.15, 0.2) is 102 Å². The average molecular weight is 1290 g/mol. The average Bonchev–Trinajstić information content (AvgIpc) is 3.52. The fourth-order valence-corrected chi connectivity index (χ4v) is 11.8. The van der Waals surface area contributed by atoms with Crippen molar-refractivity contribution in [2.75, 3.05) is 46.6 Å². The van der Waals surface area contributed by atoms with Crippen molar-refractivity contribution in [3.63, 3.8) is 0 Å². The van der Waals surface area contributed by atoms with Crippen LogP contribution in [0.1, 0.15) is 61.6 Å². The van der Waals surface area contributed by atoms with Crippen LogP contribution in [0, 0.1) is 0 Å². The molecule has 0 amide bonds. The van der Waals surface area contributed by atoms with Gasteiger partial charge in [-0.25, -0.2) is 0 Å². The lowest BCUT2D eigenvalue weighted by Crippen LogP contribution is -2.38. The van der Waals surface area contributed by atoms with Gasteiger partial charge in [-0.15, -0.1) is 0 Å². The van der Waals surface area contributed by atoms with Crippen molar-refractivity contribution in [1.29, 1.82) is 0 Å². The molecule has 0 spiro atoms. The zero-order valence-corrected chi connectivity index (χ0v) is 48.9. The minimum Gasteiger partial charge on any atom is -0.392 e. The van der Waals surface area contributed by atoms with Gasteiger partial charge in [0.05, 0.1) is 44.8 Å². The van der Waals surface area contributed by atoms with Crippen LogP contribution >= 0.6 is 0 Å². The van der Waals surface area contributed by atoms with E-state index in [9.17, 15) is 98.2 Å². The SMILES string of the molecule is CC(O)CN(CC(C)O)c1nc(Cc2cc(S(=O)(=O)O)ccc2S(=O)(=O)O)nc(Nc2ccc(/C=C/c3ccc(Cc4nc(Nc5cc(S(=O)(=O)O)ccc5S(=O)(=O)O)nc(N(CC(C)O)CC(C)O)n4)cc3S(=O)(=O)O)c(S(=O)(=O)O)c2)n1. The third kappa shape index (κ3) is 18.3. The standard InChI is InChI=1S/C46H54N10O22S6/c1-25(57)21-55(22-26(2)58)45-51-41(49-44(54-45)48-36-20-35(80(64,65)66)12-14-38(36)82(70,71)72)16-29-5-6-30(39(15-29)83(73,74)75)7-8-31-9-10-33(19-40(31)84(76,77)78)47-43-50-42(52-46(53-43)56(23-27(3)59)24-28(4)60)18-32-17-34(79(61,62)63)11-13-37(32)81(67,68)69/h5-15,17,19-20,25-28,57-60H,16,18,21-24H2,1-4H3,(H,61,62,63)(H,64,65,66)(H,67,68,69)(H,70,71,72)(H,73,74,75)(H,76,77,78)(H,47,50,52,53)(H,48,49,51,54)/b8-7+. The number of benzene rings is 4. The first kappa shape index (κ1) is 66.3. The molecule has 4 atom stereocenters. The summed E-state index contributed by atoms with van der Waals surface area (Å²) in [5.41, 5.74) is -1.82. The molecule has 0 aliphatic heterocycles. The largest absolute Gasteiger partial charge is 0.392 e. The predicted molar refractivity (Wildman–Crippen MR) is 297 cm³/mol. The second kappa shape index (κ2) is 25.8. The molecule has 6 rings (SSSR count). The van der Waals surface area contributed by atoms with Crippen LogP contribution in [-0.4, -0.2) is 179 Å². The summed E-state index contributed by atoms with van der Waals surface area (Å²) in [6, 6.07) is 10.8. The Morgan fingerprint density at radius 3 is 1.27 bits per heavy atom. The van der Waals surface area contributed by atoms with Crippen LogP contribution in [0.25, 0.3) is 12.2 Å². The van der Waals surface area contributed by atoms with E-state index in [2.05, 4.69) is 40.5 Å². The summed E-state index contributed by atoms with van der Waals surface area (Å²) in [4.78, 5) is 23.3. The van der Waals surface area contributed by atoms with Crippen molar-refractivity contribution in [2.24, 2.45) is 0 Å². The molecule has 0 fully saturated rings. The molecule has 32 nitrogen and oxygen atoms in total. The highest BCUT2D eigenvalue weighted by molar-refractivity contribution is 7.87. The van der Waals surface area contributed by atoms with Crippen molar-refractivity contribution in [2.45, 2.75) is 94.3 Å². The van der Waals surface area contributed by atoms with Crippen molar-refractivity contribution in [1.82, 2.24) is 29.9 Å². The lowest BCUT2D eigenvalue weighted by atomic mass is 10.1. The van der Waals surface area contributed by atoms with Gasteiger partial charge in [-0.2, -0.15) is 80.4 Å². The minimum absolute atomic E-state index is 0.0385. The second-order valence-corrected chi connectivity index (χ2v) is 27.2. The highest BCUT2D eigenvalue weighted by Crippen LogP contribution is 2.31. The first-order valence-electron chi connectivity index (χ1n) is 24.0. The number of nitrogens with one attached hydrogen (secondary N) is 2. The summed E-state index contributed by atoms with van der Waals surface area (Å²) in [6.45, 7) is 4.67. The van der Waals surface area contributed by atoms with Crippen LogP contribution in [-0.2, 0) is 73.6 Å². The van der Waals surface area contributed by atoms with E-state index in [-0.39, 0.29) is 72.1 Å². The summed E-state index contributed by atoms with van der Waals surface area (Å²) in [5.74, 6) is -2.17. The molecule has 0 radical (unpaired) electrons. The number of hydrogen-bond acceptors (Lipinski definition) is 26. The first-order valence-corrected chi connectivity index (χ1v) is 32.6. The molecule has 0 aliphatic carbocycles. The minimum atomic E-state index is -5.19. The molecule has 12 N–H and O–H groups in total. The number of aliphatic hydroxyl groups excluding tert-OH is 4. The van der Waals surface area contributed by atoms with Crippen LogP contribution < -0.4 is 20.4 Å². The summed E-state index contributed by atoms with van der Waals surface area (Å²) < 4.78 is 209. The third-order valence-corrected chi connectivity index (χ3v) is 16.7. The molecule has 84 heavy (non-hydrogen) atoms. The fraction of sp³-hybridized carbons (Fsp3) is 0.304. The van der Waals surface area contributed by atoms with Gasteiger partial charge in [0, 0.05) is 44.7 Å². The molecule has 2 heterocycles. The van der Waals surface area contributed by atoms with Crippen molar-refractivity contribution >= 4 is 108 Å². The topological polar surface area (TPSA) is 515 Å². The van der Waals surface area contributed by atoms with E-state index in [1.807, 2.05) is 0 Å². The van der Waals surface area contributed by atoms with Gasteiger partial charge in [-0.1, -0.05) is 30.4 Å². The number of anilines is 6. The summed E-state index contributed by atoms with van der Waals surface area (Å²) in [7, 11) is -30.4. The molecule has 4 aromatic carbocycles. The summed E-state index contributed by atoms with van der Waals surface area (Å²) in [5, 5.41) is 46.3. The Labute approximate surface area is 481 Å². The van der Waals surface area contributed by atoms with Crippen LogP contribution in [0.4, 0.5) is 35.2 Å². The zero-order chi connectivity index (χ0) is 62.7. The van der Waals surface area contributed by atoms with Gasteiger partial charge in [0.15, 0.2) is 0 Å². The fourth-order valence-electron chi connectivity index (χ4n) is 8.02. The zero-order valence-electron chi connectivity index (χ0n) is 44.0. The summed E-state index contributed by atoms with van der Waals surface area (Å²) >= 11 is 0. The van der Waals surface area contributed by atoms with E-state index >= 15 is 0 Å². The normalized spacial score (nSPS) is 14.2. The number of aliphatic hydroxyl groups is 4. The van der Waals surface area contributed by atoms with E-state index in [0.29, 0.717) is 30.3 Å². The van der Waals surface area contributed by atoms with Crippen LogP contribution in [0.2, 0.25) is 0 Å². The van der Waals surface area contributed by atoms with Gasteiger partial charge in [0.25, 0.3) is 60.7 Å². The van der Waals surface area contributed by atoms with Crippen molar-refractivity contribution < 1.29 is 98.2 Å². The van der Waals surface area contributed by atoms with Crippen molar-refractivity contribution in [3.8, 4) is 0 Å². The molecule has 456 valence electrons.